The van der Waals surface area contributed by atoms with Crippen molar-refractivity contribution in [2.24, 2.45) is 17.6 Å². The van der Waals surface area contributed by atoms with Crippen LogP contribution < -0.4 is 5.73 Å². The summed E-state index contributed by atoms with van der Waals surface area (Å²) < 4.78 is 5.53. The van der Waals surface area contributed by atoms with Gasteiger partial charge in [0.1, 0.15) is 5.92 Å². The molecule has 0 radical (unpaired) electrons. The topological polar surface area (TPSA) is 65.2 Å². The van der Waals surface area contributed by atoms with Gasteiger partial charge in [-0.1, -0.05) is 57.3 Å². The molecule has 1 fully saturated rings. The van der Waals surface area contributed by atoms with E-state index in [0.29, 0.717) is 18.2 Å². The van der Waals surface area contributed by atoms with Crippen LogP contribution in [0.4, 0.5) is 0 Å². The van der Waals surface area contributed by atoms with Crippen LogP contribution in [0, 0.1) is 11.8 Å². The molecular formula is C19H28N2O2S. The predicted molar refractivity (Wildman–Crippen MR) is 99.7 cm³/mol. The molecule has 0 bridgehead atoms. The molecule has 5 heteroatoms. The minimum absolute atomic E-state index is 0.113. The molecular weight excluding hydrogens is 320 g/mol. The number of pyridine rings is 1. The molecule has 1 aromatic rings. The third-order valence-corrected chi connectivity index (χ3v) is 5.13. The minimum Gasteiger partial charge on any atom is -0.465 e. The first kappa shape index (κ1) is 18.8. The monoisotopic (exact) mass is 348 g/mol. The second-order valence-electron chi connectivity index (χ2n) is 6.75. The molecule has 132 valence electrons. The zero-order valence-electron chi connectivity index (χ0n) is 14.4. The molecule has 1 unspecified atom stereocenters. The van der Waals surface area contributed by atoms with E-state index in [-0.39, 0.29) is 11.0 Å². The highest BCUT2D eigenvalue weighted by atomic mass is 32.1. The lowest BCUT2D eigenvalue weighted by Gasteiger charge is -2.28. The fraction of sp³-hybridized carbons (Fsp3) is 0.632. The first-order valence-corrected chi connectivity index (χ1v) is 9.39. The van der Waals surface area contributed by atoms with Gasteiger partial charge in [0, 0.05) is 6.20 Å². The molecule has 1 aliphatic carbocycles. The van der Waals surface area contributed by atoms with Gasteiger partial charge in [-0.15, -0.1) is 0 Å². The van der Waals surface area contributed by atoms with Crippen LogP contribution in [0.3, 0.4) is 0 Å². The SMILES string of the molecule is CCCC[C@H]1CC[C@H](COC(=O)C(C(N)=S)c2ccccn2)CC1. The summed E-state index contributed by atoms with van der Waals surface area (Å²) in [6, 6.07) is 5.37. The molecule has 1 aromatic heterocycles. The van der Waals surface area contributed by atoms with Crippen LogP contribution in [0.1, 0.15) is 63.5 Å². The number of rotatable bonds is 8. The molecule has 1 aliphatic rings. The van der Waals surface area contributed by atoms with Crippen LogP contribution in [-0.4, -0.2) is 22.5 Å². The quantitative estimate of drug-likeness (QED) is 0.568. The Labute approximate surface area is 150 Å². The van der Waals surface area contributed by atoms with Crippen molar-refractivity contribution in [3.63, 3.8) is 0 Å². The van der Waals surface area contributed by atoms with E-state index >= 15 is 0 Å². The number of ether oxygens (including phenoxy) is 1. The fourth-order valence-corrected chi connectivity index (χ4v) is 3.61. The van der Waals surface area contributed by atoms with E-state index in [1.165, 1.54) is 32.1 Å². The van der Waals surface area contributed by atoms with Crippen LogP contribution in [-0.2, 0) is 9.53 Å². The number of hydrogen-bond acceptors (Lipinski definition) is 4. The number of nitrogens with zero attached hydrogens (tertiary/aromatic N) is 1. The molecule has 1 atom stereocenters. The first-order chi connectivity index (χ1) is 11.6. The standard InChI is InChI=1S/C19H28N2O2S/c1-2-3-6-14-8-10-15(11-9-14)13-23-19(22)17(18(20)24)16-7-4-5-12-21-16/h4-5,7,12,14-15,17H,2-3,6,8-11,13H2,1H3,(H2,20,24)/t14-,15-,17?. The smallest absolute Gasteiger partial charge is 0.322 e. The highest BCUT2D eigenvalue weighted by Gasteiger charge is 2.28. The lowest BCUT2D eigenvalue weighted by Crippen LogP contribution is -2.30. The number of hydrogen-bond donors (Lipinski definition) is 1. The maximum absolute atomic E-state index is 12.4. The molecule has 24 heavy (non-hydrogen) atoms. The van der Waals surface area contributed by atoms with Gasteiger partial charge in [-0.25, -0.2) is 0 Å². The molecule has 0 amide bonds. The third kappa shape index (κ3) is 5.55. The van der Waals surface area contributed by atoms with Crippen molar-refractivity contribution in [3.8, 4) is 0 Å². The second kappa shape index (κ2) is 9.72. The van der Waals surface area contributed by atoms with Gasteiger partial charge in [-0.05, 0) is 36.8 Å². The van der Waals surface area contributed by atoms with E-state index in [0.717, 1.165) is 18.8 Å². The maximum atomic E-state index is 12.4. The Kier molecular flexibility index (Phi) is 7.63. The summed E-state index contributed by atoms with van der Waals surface area (Å²) in [6.45, 7) is 2.70. The summed E-state index contributed by atoms with van der Waals surface area (Å²) in [4.78, 5) is 16.7. The van der Waals surface area contributed by atoms with Crippen molar-refractivity contribution in [3.05, 3.63) is 30.1 Å². The number of thiocarbonyl (C=S) groups is 1. The van der Waals surface area contributed by atoms with E-state index in [1.54, 1.807) is 18.3 Å². The van der Waals surface area contributed by atoms with Crippen LogP contribution in [0.15, 0.2) is 24.4 Å². The molecule has 2 N–H and O–H groups in total. The first-order valence-electron chi connectivity index (χ1n) is 8.98. The van der Waals surface area contributed by atoms with Crippen molar-refractivity contribution in [1.29, 1.82) is 0 Å². The summed E-state index contributed by atoms with van der Waals surface area (Å²) in [5.41, 5.74) is 6.29. The van der Waals surface area contributed by atoms with Crippen molar-refractivity contribution in [1.82, 2.24) is 4.98 Å². The van der Waals surface area contributed by atoms with E-state index in [9.17, 15) is 4.79 Å². The molecule has 1 heterocycles. The maximum Gasteiger partial charge on any atom is 0.322 e. The number of esters is 1. The van der Waals surface area contributed by atoms with Gasteiger partial charge in [0.05, 0.1) is 17.3 Å². The minimum atomic E-state index is -0.748. The van der Waals surface area contributed by atoms with Gasteiger partial charge in [0.15, 0.2) is 0 Å². The lowest BCUT2D eigenvalue weighted by molar-refractivity contribution is -0.145. The molecule has 0 aromatic carbocycles. The van der Waals surface area contributed by atoms with E-state index < -0.39 is 5.92 Å². The van der Waals surface area contributed by atoms with Crippen molar-refractivity contribution in [2.75, 3.05) is 6.61 Å². The van der Waals surface area contributed by atoms with Gasteiger partial charge in [0.2, 0.25) is 0 Å². The number of unbranched alkanes of at least 4 members (excludes halogenated alkanes) is 1. The summed E-state index contributed by atoms with van der Waals surface area (Å²) in [7, 11) is 0. The molecule has 4 nitrogen and oxygen atoms in total. The predicted octanol–water partition coefficient (Wildman–Crippen LogP) is 3.99. The van der Waals surface area contributed by atoms with Crippen LogP contribution in [0.25, 0.3) is 0 Å². The summed E-state index contributed by atoms with van der Waals surface area (Å²) >= 11 is 5.04. The van der Waals surface area contributed by atoms with Crippen molar-refractivity contribution in [2.45, 2.75) is 57.8 Å². The van der Waals surface area contributed by atoms with Gasteiger partial charge in [0.25, 0.3) is 0 Å². The molecule has 0 spiro atoms. The Morgan fingerprint density at radius 3 is 2.62 bits per heavy atom. The Bertz CT molecular complexity index is 527. The van der Waals surface area contributed by atoms with Crippen LogP contribution >= 0.6 is 12.2 Å². The van der Waals surface area contributed by atoms with Crippen LogP contribution in [0.2, 0.25) is 0 Å². The Morgan fingerprint density at radius 1 is 1.33 bits per heavy atom. The average Bonchev–Trinajstić information content (AvgIpc) is 2.60. The largest absolute Gasteiger partial charge is 0.465 e. The Balaban J connectivity index is 1.81. The van der Waals surface area contributed by atoms with Crippen molar-refractivity contribution >= 4 is 23.2 Å². The van der Waals surface area contributed by atoms with Crippen LogP contribution in [0.5, 0.6) is 0 Å². The number of carbonyl (C=O) groups excluding carboxylic acids is 1. The summed E-state index contributed by atoms with van der Waals surface area (Å²) in [6.07, 6.45) is 10.3. The van der Waals surface area contributed by atoms with Gasteiger partial charge in [-0.3, -0.25) is 9.78 Å². The average molecular weight is 349 g/mol. The zero-order valence-corrected chi connectivity index (χ0v) is 15.3. The molecule has 1 saturated carbocycles. The van der Waals surface area contributed by atoms with E-state index in [4.69, 9.17) is 22.7 Å². The molecule has 2 rings (SSSR count). The highest BCUT2D eigenvalue weighted by Crippen LogP contribution is 2.32. The molecule has 0 aliphatic heterocycles. The number of aromatic nitrogens is 1. The Morgan fingerprint density at radius 2 is 2.04 bits per heavy atom. The molecule has 0 saturated heterocycles. The van der Waals surface area contributed by atoms with Gasteiger partial charge >= 0.3 is 5.97 Å². The summed E-state index contributed by atoms with van der Waals surface area (Å²) in [5, 5.41) is 0. The van der Waals surface area contributed by atoms with Gasteiger partial charge < -0.3 is 10.5 Å². The van der Waals surface area contributed by atoms with Crippen molar-refractivity contribution < 1.29 is 9.53 Å². The van der Waals surface area contributed by atoms with Gasteiger partial charge in [-0.2, -0.15) is 0 Å². The fourth-order valence-electron chi connectivity index (χ4n) is 3.39. The van der Waals surface area contributed by atoms with E-state index in [2.05, 4.69) is 11.9 Å². The normalized spacial score (nSPS) is 21.9. The second-order valence-corrected chi connectivity index (χ2v) is 7.22. The lowest BCUT2D eigenvalue weighted by atomic mass is 9.80. The zero-order chi connectivity index (χ0) is 17.4. The number of carbonyl (C=O) groups is 1. The third-order valence-electron chi connectivity index (χ3n) is 4.90. The highest BCUT2D eigenvalue weighted by molar-refractivity contribution is 7.80. The summed E-state index contributed by atoms with van der Waals surface area (Å²) in [5.74, 6) is 0.189. The Hall–Kier alpha value is -1.49. The van der Waals surface area contributed by atoms with E-state index in [1.807, 2.05) is 6.07 Å². The number of nitrogens with two attached hydrogens (primary N) is 1.